The SMILES string of the molecule is CC1CCC(=O)C1NC(=O)OC(C)(C)C. The van der Waals surface area contributed by atoms with Gasteiger partial charge in [-0.15, -0.1) is 0 Å². The molecule has 1 N–H and O–H groups in total. The number of amides is 1. The van der Waals surface area contributed by atoms with Crippen LogP contribution in [0.15, 0.2) is 0 Å². The molecule has 1 amide bonds. The molecule has 2 atom stereocenters. The van der Waals surface area contributed by atoms with Crippen molar-refractivity contribution in [2.75, 3.05) is 0 Å². The lowest BCUT2D eigenvalue weighted by Gasteiger charge is -2.22. The first-order chi connectivity index (χ1) is 6.79. The molecule has 1 rings (SSSR count). The summed E-state index contributed by atoms with van der Waals surface area (Å²) in [6, 6.07) is -0.361. The summed E-state index contributed by atoms with van der Waals surface area (Å²) in [5.74, 6) is 0.318. The normalized spacial score (nSPS) is 26.5. The minimum absolute atomic E-state index is 0.105. The van der Waals surface area contributed by atoms with Crippen molar-refractivity contribution >= 4 is 11.9 Å². The van der Waals surface area contributed by atoms with Crippen molar-refractivity contribution in [3.05, 3.63) is 0 Å². The van der Waals surface area contributed by atoms with Crippen LogP contribution in [-0.2, 0) is 9.53 Å². The highest BCUT2D eigenvalue weighted by atomic mass is 16.6. The van der Waals surface area contributed by atoms with Crippen LogP contribution in [0, 0.1) is 5.92 Å². The molecule has 4 heteroatoms. The third-order valence-corrected chi connectivity index (χ3v) is 2.43. The number of hydrogen-bond donors (Lipinski definition) is 1. The van der Waals surface area contributed by atoms with Crippen LogP contribution < -0.4 is 5.32 Å². The van der Waals surface area contributed by atoms with Crippen molar-refractivity contribution in [2.24, 2.45) is 5.92 Å². The number of ketones is 1. The second kappa shape index (κ2) is 4.21. The molecule has 0 aromatic carbocycles. The van der Waals surface area contributed by atoms with Gasteiger partial charge in [-0.25, -0.2) is 4.79 Å². The fraction of sp³-hybridized carbons (Fsp3) is 0.818. The smallest absolute Gasteiger partial charge is 0.408 e. The number of carbonyl (C=O) groups is 2. The van der Waals surface area contributed by atoms with Gasteiger partial charge in [0.1, 0.15) is 5.60 Å². The Morgan fingerprint density at radius 2 is 2.07 bits per heavy atom. The number of carbonyl (C=O) groups excluding carboxylic acids is 2. The molecule has 1 aliphatic carbocycles. The second-order valence-electron chi connectivity index (χ2n) is 5.11. The van der Waals surface area contributed by atoms with E-state index in [1.165, 1.54) is 0 Å². The number of nitrogens with one attached hydrogen (secondary N) is 1. The molecule has 1 fully saturated rings. The molecule has 0 aromatic rings. The largest absolute Gasteiger partial charge is 0.444 e. The Bertz CT molecular complexity index is 267. The summed E-state index contributed by atoms with van der Waals surface area (Å²) < 4.78 is 5.09. The maximum atomic E-state index is 11.4. The quantitative estimate of drug-likeness (QED) is 0.723. The van der Waals surface area contributed by atoms with Gasteiger partial charge in [0.15, 0.2) is 5.78 Å². The summed E-state index contributed by atoms with van der Waals surface area (Å²) in [6.07, 6.45) is 0.899. The molecule has 0 aromatic heterocycles. The monoisotopic (exact) mass is 213 g/mol. The zero-order valence-corrected chi connectivity index (χ0v) is 9.79. The van der Waals surface area contributed by atoms with Crippen molar-refractivity contribution in [2.45, 2.75) is 52.2 Å². The van der Waals surface area contributed by atoms with E-state index in [0.29, 0.717) is 6.42 Å². The summed E-state index contributed by atoms with van der Waals surface area (Å²) in [5, 5.41) is 2.62. The molecule has 0 radical (unpaired) electrons. The van der Waals surface area contributed by atoms with Crippen LogP contribution in [0.25, 0.3) is 0 Å². The Balaban J connectivity index is 2.48. The number of alkyl carbamates (subject to hydrolysis) is 1. The lowest BCUT2D eigenvalue weighted by atomic mass is 10.1. The van der Waals surface area contributed by atoms with Crippen molar-refractivity contribution in [1.82, 2.24) is 5.32 Å². The zero-order chi connectivity index (χ0) is 11.6. The molecule has 4 nitrogen and oxygen atoms in total. The van der Waals surface area contributed by atoms with E-state index < -0.39 is 11.7 Å². The highest BCUT2D eigenvalue weighted by Gasteiger charge is 2.33. The maximum absolute atomic E-state index is 11.4. The molecule has 1 saturated carbocycles. The number of ether oxygens (including phenoxy) is 1. The van der Waals surface area contributed by atoms with Gasteiger partial charge in [-0.1, -0.05) is 6.92 Å². The lowest BCUT2D eigenvalue weighted by Crippen LogP contribution is -2.43. The van der Waals surface area contributed by atoms with Gasteiger partial charge in [0.25, 0.3) is 0 Å². The maximum Gasteiger partial charge on any atom is 0.408 e. The van der Waals surface area contributed by atoms with Crippen LogP contribution in [0.1, 0.15) is 40.5 Å². The standard InChI is InChI=1S/C11H19NO3/c1-7-5-6-8(13)9(7)12-10(14)15-11(2,3)4/h7,9H,5-6H2,1-4H3,(H,12,14). The Hall–Kier alpha value is -1.06. The van der Waals surface area contributed by atoms with Crippen molar-refractivity contribution in [3.63, 3.8) is 0 Å². The predicted octanol–water partition coefficient (Wildman–Crippen LogP) is 1.88. The summed E-state index contributed by atoms with van der Waals surface area (Å²) >= 11 is 0. The highest BCUT2D eigenvalue weighted by Crippen LogP contribution is 2.22. The topological polar surface area (TPSA) is 55.4 Å². The predicted molar refractivity (Wildman–Crippen MR) is 56.6 cm³/mol. The summed E-state index contributed by atoms with van der Waals surface area (Å²) in [6.45, 7) is 7.36. The van der Waals surface area contributed by atoms with Crippen molar-refractivity contribution in [3.8, 4) is 0 Å². The van der Waals surface area contributed by atoms with Gasteiger partial charge < -0.3 is 10.1 Å². The Morgan fingerprint density at radius 1 is 1.47 bits per heavy atom. The van der Waals surface area contributed by atoms with Crippen LogP contribution >= 0.6 is 0 Å². The minimum Gasteiger partial charge on any atom is -0.444 e. The number of rotatable bonds is 1. The molecule has 15 heavy (non-hydrogen) atoms. The van der Waals surface area contributed by atoms with E-state index in [-0.39, 0.29) is 17.7 Å². The summed E-state index contributed by atoms with van der Waals surface area (Å²) in [5.41, 5.74) is -0.519. The van der Waals surface area contributed by atoms with Gasteiger partial charge in [-0.3, -0.25) is 4.79 Å². The van der Waals surface area contributed by atoms with Crippen LogP contribution in [0.2, 0.25) is 0 Å². The second-order valence-corrected chi connectivity index (χ2v) is 5.11. The molecule has 86 valence electrons. The zero-order valence-electron chi connectivity index (χ0n) is 9.79. The molecule has 1 aliphatic rings. The first kappa shape index (κ1) is 12.0. The lowest BCUT2D eigenvalue weighted by molar-refractivity contribution is -0.119. The van der Waals surface area contributed by atoms with E-state index in [1.54, 1.807) is 20.8 Å². The van der Waals surface area contributed by atoms with E-state index in [4.69, 9.17) is 4.74 Å². The Morgan fingerprint density at radius 3 is 2.47 bits per heavy atom. The molecule has 2 unspecified atom stereocenters. The van der Waals surface area contributed by atoms with Crippen molar-refractivity contribution < 1.29 is 14.3 Å². The van der Waals surface area contributed by atoms with Crippen molar-refractivity contribution in [1.29, 1.82) is 0 Å². The average Bonchev–Trinajstić information content (AvgIpc) is 2.32. The van der Waals surface area contributed by atoms with E-state index in [1.807, 2.05) is 6.92 Å². The van der Waals surface area contributed by atoms with E-state index >= 15 is 0 Å². The van der Waals surface area contributed by atoms with Gasteiger partial charge >= 0.3 is 6.09 Å². The first-order valence-electron chi connectivity index (χ1n) is 5.32. The molecule has 0 heterocycles. The van der Waals surface area contributed by atoms with Crippen LogP contribution in [0.5, 0.6) is 0 Å². The fourth-order valence-corrected chi connectivity index (χ4v) is 1.67. The van der Waals surface area contributed by atoms with Crippen LogP contribution in [-0.4, -0.2) is 23.5 Å². The van der Waals surface area contributed by atoms with E-state index in [0.717, 1.165) is 6.42 Å². The third-order valence-electron chi connectivity index (χ3n) is 2.43. The van der Waals surface area contributed by atoms with E-state index in [9.17, 15) is 9.59 Å². The fourth-order valence-electron chi connectivity index (χ4n) is 1.67. The van der Waals surface area contributed by atoms with Gasteiger partial charge in [0.05, 0.1) is 6.04 Å². The van der Waals surface area contributed by atoms with Crippen LogP contribution in [0.4, 0.5) is 4.79 Å². The third kappa shape index (κ3) is 3.53. The molecular formula is C11H19NO3. The Labute approximate surface area is 90.4 Å². The molecule has 0 aliphatic heterocycles. The minimum atomic E-state index is -0.519. The summed E-state index contributed by atoms with van der Waals surface area (Å²) in [4.78, 5) is 22.8. The Kier molecular flexibility index (Phi) is 3.37. The van der Waals surface area contributed by atoms with Gasteiger partial charge in [0.2, 0.25) is 0 Å². The highest BCUT2D eigenvalue weighted by molar-refractivity contribution is 5.89. The number of Topliss-reactive ketones (excluding diaryl/α,β-unsaturated/α-hetero) is 1. The number of hydrogen-bond acceptors (Lipinski definition) is 3. The van der Waals surface area contributed by atoms with Gasteiger partial charge in [-0.05, 0) is 33.1 Å². The first-order valence-corrected chi connectivity index (χ1v) is 5.32. The average molecular weight is 213 g/mol. The van der Waals surface area contributed by atoms with Gasteiger partial charge in [-0.2, -0.15) is 0 Å². The van der Waals surface area contributed by atoms with E-state index in [2.05, 4.69) is 5.32 Å². The summed E-state index contributed by atoms with van der Waals surface area (Å²) in [7, 11) is 0. The molecule has 0 spiro atoms. The molecular weight excluding hydrogens is 194 g/mol. The molecule has 0 saturated heterocycles. The van der Waals surface area contributed by atoms with Gasteiger partial charge in [0, 0.05) is 6.42 Å². The molecule has 0 bridgehead atoms. The van der Waals surface area contributed by atoms with Crippen LogP contribution in [0.3, 0.4) is 0 Å².